The average molecular weight is 1270 g/mol. The molecule has 19 heteroatoms. The van der Waals surface area contributed by atoms with E-state index in [1.165, 1.54) is 154 Å². The van der Waals surface area contributed by atoms with E-state index in [1.54, 1.807) is 0 Å². The number of carbonyl (C=O) groups is 1. The Balaban J connectivity index is 1.36. The van der Waals surface area contributed by atoms with Crippen molar-refractivity contribution in [1.82, 2.24) is 5.32 Å². The van der Waals surface area contributed by atoms with Crippen LogP contribution in [-0.2, 0) is 33.2 Å². The average Bonchev–Trinajstić information content (AvgIpc) is 1.92. The van der Waals surface area contributed by atoms with Crippen LogP contribution in [0.2, 0.25) is 0 Å². The van der Waals surface area contributed by atoms with Crippen LogP contribution in [-0.4, -0.2) is 193 Å². The Hall–Kier alpha value is -2.25. The van der Waals surface area contributed by atoms with E-state index in [9.17, 15) is 61.0 Å². The molecule has 0 saturated carbocycles. The minimum atomic E-state index is -1.97. The van der Waals surface area contributed by atoms with Crippen molar-refractivity contribution in [2.75, 3.05) is 26.4 Å². The third-order valence-electron chi connectivity index (χ3n) is 17.7. The molecule has 19 nitrogen and oxygen atoms in total. The van der Waals surface area contributed by atoms with Gasteiger partial charge in [-0.3, -0.25) is 4.79 Å². The summed E-state index contributed by atoms with van der Waals surface area (Å²) in [4.78, 5) is 13.4. The first-order valence-electron chi connectivity index (χ1n) is 35.4. The first-order valence-corrected chi connectivity index (χ1v) is 35.4. The number of ether oxygens (including phenoxy) is 6. The molecule has 3 aliphatic rings. The molecule has 0 bridgehead atoms. The molecular weight excluding hydrogens is 1140 g/mol. The van der Waals surface area contributed by atoms with Gasteiger partial charge in [0, 0.05) is 6.42 Å². The number of unbranched alkanes of at least 4 members (excludes halogenated alkanes) is 30. The molecule has 3 fully saturated rings. The van der Waals surface area contributed by atoms with Gasteiger partial charge < -0.3 is 89.9 Å². The number of amides is 1. The molecule has 89 heavy (non-hydrogen) atoms. The summed E-state index contributed by atoms with van der Waals surface area (Å²) in [6.07, 6.45) is 34.9. The van der Waals surface area contributed by atoms with Crippen LogP contribution >= 0.6 is 0 Å². The highest BCUT2D eigenvalue weighted by Crippen LogP contribution is 2.33. The van der Waals surface area contributed by atoms with Crippen LogP contribution in [0.1, 0.15) is 258 Å². The topological polar surface area (TPSA) is 307 Å². The van der Waals surface area contributed by atoms with Crippen molar-refractivity contribution in [2.45, 2.75) is 362 Å². The summed E-state index contributed by atoms with van der Waals surface area (Å²) in [6, 6.07) is -0.886. The van der Waals surface area contributed by atoms with Gasteiger partial charge in [0.05, 0.1) is 38.6 Å². The van der Waals surface area contributed by atoms with E-state index in [4.69, 9.17) is 28.4 Å². The van der Waals surface area contributed by atoms with Crippen LogP contribution in [0.25, 0.3) is 0 Å². The van der Waals surface area contributed by atoms with Crippen LogP contribution in [0, 0.1) is 0 Å². The van der Waals surface area contributed by atoms with Crippen molar-refractivity contribution in [3.05, 3.63) is 48.6 Å². The largest absolute Gasteiger partial charge is 0.394 e. The van der Waals surface area contributed by atoms with Crippen molar-refractivity contribution in [2.24, 2.45) is 0 Å². The van der Waals surface area contributed by atoms with E-state index in [0.717, 1.165) is 70.6 Å². The zero-order valence-electron chi connectivity index (χ0n) is 54.9. The molecular formula is C70H127NO18. The first kappa shape index (κ1) is 81.0. The molecule has 3 heterocycles. The van der Waals surface area contributed by atoms with Crippen LogP contribution in [0.4, 0.5) is 0 Å². The summed E-state index contributed by atoms with van der Waals surface area (Å²) >= 11 is 0. The predicted molar refractivity (Wildman–Crippen MR) is 346 cm³/mol. The Labute approximate surface area is 535 Å². The van der Waals surface area contributed by atoms with Crippen LogP contribution in [0.5, 0.6) is 0 Å². The van der Waals surface area contributed by atoms with E-state index in [2.05, 4.69) is 67.8 Å². The monoisotopic (exact) mass is 1270 g/mol. The number of nitrogens with one attached hydrogen (secondary N) is 1. The van der Waals surface area contributed by atoms with Crippen LogP contribution in [0.15, 0.2) is 48.6 Å². The van der Waals surface area contributed by atoms with Gasteiger partial charge in [0.25, 0.3) is 0 Å². The summed E-state index contributed by atoms with van der Waals surface area (Å²) < 4.78 is 34.4. The molecule has 0 aliphatic carbocycles. The third kappa shape index (κ3) is 34.1. The molecule has 520 valence electrons. The standard InChI is InChI=1S/C70H127NO18/c1-3-5-7-9-11-13-15-17-18-19-20-21-22-23-24-25-26-27-28-29-30-31-32-33-34-36-38-40-42-44-46-48-58(76)71-53(54(75)47-45-43-41-39-37-35-16-14-12-10-8-6-4-2)52-84-68-64(82)61(79)66(56(50-73)86-68)89-70-65(83)62(80)67(57(51-74)87-70)88-69-63(81)60(78)59(77)55(49-72)85-69/h5,7,11,13,17-18,20-21,53-57,59-70,72-75,77-83H,3-4,6,8-10,12,14-16,19,22-52H2,1-2H3,(H,71,76)/b7-5-,13-11-,18-17-,21-20-. The molecule has 0 aromatic rings. The molecule has 0 radical (unpaired) electrons. The number of rotatable bonds is 54. The number of carbonyl (C=O) groups excluding carboxylic acids is 1. The molecule has 17 unspecified atom stereocenters. The summed E-state index contributed by atoms with van der Waals surface area (Å²) in [5.74, 6) is -0.241. The molecule has 0 aromatic carbocycles. The van der Waals surface area contributed by atoms with Gasteiger partial charge in [-0.05, 0) is 51.4 Å². The van der Waals surface area contributed by atoms with Gasteiger partial charge in [-0.15, -0.1) is 0 Å². The fraction of sp³-hybridized carbons (Fsp3) is 0.871. The number of aliphatic hydroxyl groups excluding tert-OH is 11. The van der Waals surface area contributed by atoms with Gasteiger partial charge in [0.2, 0.25) is 5.91 Å². The lowest BCUT2D eigenvalue weighted by molar-refractivity contribution is -0.379. The zero-order valence-corrected chi connectivity index (χ0v) is 54.9. The van der Waals surface area contributed by atoms with E-state index in [0.29, 0.717) is 12.8 Å². The van der Waals surface area contributed by atoms with Crippen molar-refractivity contribution in [3.8, 4) is 0 Å². The number of hydrogen-bond acceptors (Lipinski definition) is 18. The van der Waals surface area contributed by atoms with E-state index in [1.807, 2.05) is 0 Å². The van der Waals surface area contributed by atoms with Gasteiger partial charge in [-0.25, -0.2) is 0 Å². The molecule has 1 amide bonds. The predicted octanol–water partition coefficient (Wildman–Crippen LogP) is 9.39. The molecule has 3 rings (SSSR count). The van der Waals surface area contributed by atoms with Crippen molar-refractivity contribution < 1.29 is 89.4 Å². The third-order valence-corrected chi connectivity index (χ3v) is 17.7. The lowest BCUT2D eigenvalue weighted by Crippen LogP contribution is -2.66. The maximum absolute atomic E-state index is 13.4. The Morgan fingerprint density at radius 3 is 1.21 bits per heavy atom. The maximum Gasteiger partial charge on any atom is 0.220 e. The quantitative estimate of drug-likeness (QED) is 0.0199. The number of aliphatic hydroxyl groups is 11. The minimum Gasteiger partial charge on any atom is -0.394 e. The van der Waals surface area contributed by atoms with Gasteiger partial charge in [-0.2, -0.15) is 0 Å². The minimum absolute atomic E-state index is 0.241. The van der Waals surface area contributed by atoms with Gasteiger partial charge in [0.15, 0.2) is 18.9 Å². The Morgan fingerprint density at radius 1 is 0.416 bits per heavy atom. The second-order valence-electron chi connectivity index (χ2n) is 25.3. The SMILES string of the molecule is CC/C=C\C/C=C\C/C=C\C/C=C\CCCCCCCCCCCCCCCCCCCCC(=O)NC(COC1OC(CO)C(OC2OC(CO)C(OC3OC(CO)C(O)C(O)C3O)C(O)C2O)C(O)C1O)C(O)CCCCCCCCCCCCCCC. The Morgan fingerprint density at radius 2 is 0.775 bits per heavy atom. The summed E-state index contributed by atoms with van der Waals surface area (Å²) in [7, 11) is 0. The van der Waals surface area contributed by atoms with Crippen molar-refractivity contribution in [3.63, 3.8) is 0 Å². The number of allylic oxidation sites excluding steroid dienone is 8. The Bertz CT molecular complexity index is 1800. The highest BCUT2D eigenvalue weighted by atomic mass is 16.8. The normalized spacial score (nSPS) is 28.5. The molecule has 3 aliphatic heterocycles. The van der Waals surface area contributed by atoms with Gasteiger partial charge in [-0.1, -0.05) is 249 Å². The highest BCUT2D eigenvalue weighted by molar-refractivity contribution is 5.76. The van der Waals surface area contributed by atoms with Crippen LogP contribution in [0.3, 0.4) is 0 Å². The summed E-state index contributed by atoms with van der Waals surface area (Å²) in [6.45, 7) is 1.69. The molecule has 12 N–H and O–H groups in total. The first-order chi connectivity index (χ1) is 43.3. The van der Waals surface area contributed by atoms with E-state index in [-0.39, 0.29) is 18.9 Å². The lowest BCUT2D eigenvalue weighted by atomic mass is 9.96. The maximum atomic E-state index is 13.4. The Kier molecular flexibility index (Phi) is 47.4. The zero-order chi connectivity index (χ0) is 64.7. The molecule has 0 spiro atoms. The van der Waals surface area contributed by atoms with E-state index < -0.39 is 124 Å². The molecule has 3 saturated heterocycles. The van der Waals surface area contributed by atoms with Gasteiger partial charge >= 0.3 is 0 Å². The molecule has 0 aromatic heterocycles. The van der Waals surface area contributed by atoms with Crippen molar-refractivity contribution in [1.29, 1.82) is 0 Å². The summed E-state index contributed by atoms with van der Waals surface area (Å²) in [5.41, 5.74) is 0. The second kappa shape index (κ2) is 52.1. The molecule has 17 atom stereocenters. The van der Waals surface area contributed by atoms with Crippen LogP contribution < -0.4 is 5.32 Å². The fourth-order valence-electron chi connectivity index (χ4n) is 12.0. The smallest absolute Gasteiger partial charge is 0.220 e. The fourth-order valence-corrected chi connectivity index (χ4v) is 12.0. The lowest BCUT2D eigenvalue weighted by Gasteiger charge is -2.48. The van der Waals surface area contributed by atoms with E-state index >= 15 is 0 Å². The second-order valence-corrected chi connectivity index (χ2v) is 25.3. The summed E-state index contributed by atoms with van der Waals surface area (Å²) in [5, 5.41) is 121. The number of hydrogen-bond donors (Lipinski definition) is 12. The van der Waals surface area contributed by atoms with Gasteiger partial charge in [0.1, 0.15) is 73.2 Å². The highest BCUT2D eigenvalue weighted by Gasteiger charge is 2.53. The van der Waals surface area contributed by atoms with Crippen molar-refractivity contribution >= 4 is 5.91 Å².